The normalized spacial score (nSPS) is 10.8. The monoisotopic (exact) mass is 275 g/mol. The van der Waals surface area contributed by atoms with Gasteiger partial charge in [0.1, 0.15) is 12.1 Å². The van der Waals surface area contributed by atoms with E-state index in [1.165, 1.54) is 0 Å². The Morgan fingerprint density at radius 1 is 1.25 bits per heavy atom. The van der Waals surface area contributed by atoms with E-state index in [0.717, 1.165) is 0 Å². The van der Waals surface area contributed by atoms with E-state index >= 15 is 0 Å². The number of esters is 1. The number of para-hydroxylation sites is 1. The highest BCUT2D eigenvalue weighted by atomic mass is 16.6. The second-order valence-electron chi connectivity index (χ2n) is 5.60. The molecule has 0 aromatic heterocycles. The van der Waals surface area contributed by atoms with Crippen LogP contribution in [0.2, 0.25) is 0 Å². The highest BCUT2D eigenvalue weighted by Crippen LogP contribution is 2.18. The summed E-state index contributed by atoms with van der Waals surface area (Å²) in [6.45, 7) is 10.7. The first-order valence-corrected chi connectivity index (χ1v) is 6.45. The molecule has 0 fully saturated rings. The standard InChI is InChI=1S/C16H21NO3/c1-11(2)15(19)12-8-6-7-9-13(12)17-10-14(18)20-16(3,4)5/h6-9,17H,1,10H2,2-5H3. The van der Waals surface area contributed by atoms with E-state index in [0.29, 0.717) is 16.8 Å². The van der Waals surface area contributed by atoms with Crippen molar-refractivity contribution in [1.82, 2.24) is 0 Å². The number of ether oxygens (including phenoxy) is 1. The topological polar surface area (TPSA) is 55.4 Å². The molecule has 1 N–H and O–H groups in total. The molecule has 0 aliphatic carbocycles. The van der Waals surface area contributed by atoms with Crippen LogP contribution in [0.3, 0.4) is 0 Å². The molecule has 20 heavy (non-hydrogen) atoms. The lowest BCUT2D eigenvalue weighted by Gasteiger charge is -2.20. The second kappa shape index (κ2) is 6.37. The molecule has 0 radical (unpaired) electrons. The highest BCUT2D eigenvalue weighted by molar-refractivity contribution is 6.11. The summed E-state index contributed by atoms with van der Waals surface area (Å²) in [7, 11) is 0. The summed E-state index contributed by atoms with van der Waals surface area (Å²) in [5, 5.41) is 2.93. The van der Waals surface area contributed by atoms with Crippen molar-refractivity contribution in [1.29, 1.82) is 0 Å². The van der Waals surface area contributed by atoms with Gasteiger partial charge in [0.25, 0.3) is 0 Å². The first-order valence-electron chi connectivity index (χ1n) is 6.45. The van der Waals surface area contributed by atoms with E-state index in [1.807, 2.05) is 20.8 Å². The number of allylic oxidation sites excluding steroid dienone is 1. The number of carbonyl (C=O) groups excluding carboxylic acids is 2. The van der Waals surface area contributed by atoms with Crippen molar-refractivity contribution in [2.75, 3.05) is 11.9 Å². The molecule has 0 bridgehead atoms. The van der Waals surface area contributed by atoms with Gasteiger partial charge in [-0.25, -0.2) is 0 Å². The summed E-state index contributed by atoms with van der Waals surface area (Å²) >= 11 is 0. The van der Waals surface area contributed by atoms with Gasteiger partial charge in [-0.1, -0.05) is 18.7 Å². The van der Waals surface area contributed by atoms with Gasteiger partial charge in [-0.3, -0.25) is 9.59 Å². The fourth-order valence-electron chi connectivity index (χ4n) is 1.61. The lowest BCUT2D eigenvalue weighted by molar-refractivity contribution is -0.152. The van der Waals surface area contributed by atoms with Crippen LogP contribution < -0.4 is 5.32 Å². The number of nitrogens with one attached hydrogen (secondary N) is 1. The average molecular weight is 275 g/mol. The number of anilines is 1. The molecule has 0 saturated heterocycles. The fourth-order valence-corrected chi connectivity index (χ4v) is 1.61. The largest absolute Gasteiger partial charge is 0.459 e. The number of benzene rings is 1. The summed E-state index contributed by atoms with van der Waals surface area (Å²) in [5.41, 5.74) is 1.04. The summed E-state index contributed by atoms with van der Waals surface area (Å²) in [4.78, 5) is 23.6. The van der Waals surface area contributed by atoms with Crippen LogP contribution in [0.1, 0.15) is 38.1 Å². The SMILES string of the molecule is C=C(C)C(=O)c1ccccc1NCC(=O)OC(C)(C)C. The van der Waals surface area contributed by atoms with Gasteiger partial charge in [0.2, 0.25) is 0 Å². The van der Waals surface area contributed by atoms with Gasteiger partial charge >= 0.3 is 5.97 Å². The van der Waals surface area contributed by atoms with Crippen molar-refractivity contribution >= 4 is 17.4 Å². The molecule has 0 amide bonds. The Morgan fingerprint density at radius 3 is 2.40 bits per heavy atom. The third-order valence-electron chi connectivity index (χ3n) is 2.40. The van der Waals surface area contributed by atoms with Gasteiger partial charge in [0.15, 0.2) is 5.78 Å². The molecule has 4 heteroatoms. The molecule has 1 aromatic carbocycles. The van der Waals surface area contributed by atoms with Crippen LogP contribution in [0.25, 0.3) is 0 Å². The molecule has 0 atom stereocenters. The Labute approximate surface area is 119 Å². The number of rotatable bonds is 5. The van der Waals surface area contributed by atoms with E-state index in [9.17, 15) is 9.59 Å². The van der Waals surface area contributed by atoms with Crippen LogP contribution in [0.4, 0.5) is 5.69 Å². The maximum atomic E-state index is 12.0. The fraction of sp³-hybridized carbons (Fsp3) is 0.375. The van der Waals surface area contributed by atoms with Gasteiger partial charge in [-0.15, -0.1) is 0 Å². The lowest BCUT2D eigenvalue weighted by atomic mass is 10.0. The van der Waals surface area contributed by atoms with Crippen LogP contribution in [0.15, 0.2) is 36.4 Å². The first kappa shape index (κ1) is 16.0. The molecule has 0 unspecified atom stereocenters. The molecule has 0 aliphatic heterocycles. The lowest BCUT2D eigenvalue weighted by Crippen LogP contribution is -2.28. The minimum absolute atomic E-state index is 0.0117. The molecule has 108 valence electrons. The average Bonchev–Trinajstić information content (AvgIpc) is 2.33. The molecular formula is C16H21NO3. The predicted octanol–water partition coefficient (Wildman–Crippen LogP) is 3.20. The third-order valence-corrected chi connectivity index (χ3v) is 2.40. The van der Waals surface area contributed by atoms with E-state index in [4.69, 9.17) is 4.74 Å². The molecule has 4 nitrogen and oxygen atoms in total. The zero-order valence-electron chi connectivity index (χ0n) is 12.4. The zero-order valence-corrected chi connectivity index (χ0v) is 12.4. The Bertz CT molecular complexity index is 527. The van der Waals surface area contributed by atoms with Crippen LogP contribution in [-0.4, -0.2) is 23.9 Å². The molecule has 1 aromatic rings. The number of Topliss-reactive ketones (excluding diaryl/α,β-unsaturated/α-hetero) is 1. The van der Waals surface area contributed by atoms with Gasteiger partial charge < -0.3 is 10.1 Å². The van der Waals surface area contributed by atoms with Crippen molar-refractivity contribution in [2.24, 2.45) is 0 Å². The van der Waals surface area contributed by atoms with Crippen LogP contribution in [0, 0.1) is 0 Å². The van der Waals surface area contributed by atoms with Crippen molar-refractivity contribution in [3.63, 3.8) is 0 Å². The molecule has 1 rings (SSSR count). The minimum atomic E-state index is -0.522. The van der Waals surface area contributed by atoms with E-state index in [2.05, 4.69) is 11.9 Å². The number of hydrogen-bond acceptors (Lipinski definition) is 4. The third kappa shape index (κ3) is 4.88. The van der Waals surface area contributed by atoms with E-state index < -0.39 is 5.60 Å². The maximum Gasteiger partial charge on any atom is 0.325 e. The Balaban J connectivity index is 2.76. The van der Waals surface area contributed by atoms with Gasteiger partial charge in [-0.2, -0.15) is 0 Å². The van der Waals surface area contributed by atoms with Gasteiger partial charge in [0, 0.05) is 11.3 Å². The minimum Gasteiger partial charge on any atom is -0.459 e. The van der Waals surface area contributed by atoms with Crippen molar-refractivity contribution in [3.05, 3.63) is 42.0 Å². The summed E-state index contributed by atoms with van der Waals surface area (Å²) in [5.74, 6) is -0.507. The second-order valence-corrected chi connectivity index (χ2v) is 5.60. The van der Waals surface area contributed by atoms with Crippen molar-refractivity contribution < 1.29 is 14.3 Å². The van der Waals surface area contributed by atoms with Crippen LogP contribution in [0.5, 0.6) is 0 Å². The number of hydrogen-bond donors (Lipinski definition) is 1. The molecule has 0 heterocycles. The zero-order chi connectivity index (χ0) is 15.3. The maximum absolute atomic E-state index is 12.0. The highest BCUT2D eigenvalue weighted by Gasteiger charge is 2.17. The van der Waals surface area contributed by atoms with E-state index in [1.54, 1.807) is 31.2 Å². The quantitative estimate of drug-likeness (QED) is 0.509. The van der Waals surface area contributed by atoms with E-state index in [-0.39, 0.29) is 18.3 Å². The van der Waals surface area contributed by atoms with Gasteiger partial charge in [0.05, 0.1) is 0 Å². The molecule has 0 spiro atoms. The van der Waals surface area contributed by atoms with Crippen LogP contribution >= 0.6 is 0 Å². The molecular weight excluding hydrogens is 254 g/mol. The Kier molecular flexibility index (Phi) is 5.08. The number of carbonyl (C=O) groups is 2. The predicted molar refractivity (Wildman–Crippen MR) is 79.9 cm³/mol. The first-order chi connectivity index (χ1) is 9.20. The Morgan fingerprint density at radius 2 is 1.85 bits per heavy atom. The molecule has 0 saturated carbocycles. The summed E-state index contributed by atoms with van der Waals surface area (Å²) in [6, 6.07) is 7.02. The Hall–Kier alpha value is -2.10. The smallest absolute Gasteiger partial charge is 0.325 e. The number of ketones is 1. The van der Waals surface area contributed by atoms with Gasteiger partial charge in [-0.05, 0) is 45.4 Å². The molecule has 0 aliphatic rings. The van der Waals surface area contributed by atoms with Crippen molar-refractivity contribution in [2.45, 2.75) is 33.3 Å². The summed E-state index contributed by atoms with van der Waals surface area (Å²) in [6.07, 6.45) is 0. The summed E-state index contributed by atoms with van der Waals surface area (Å²) < 4.78 is 5.20. The van der Waals surface area contributed by atoms with Crippen molar-refractivity contribution in [3.8, 4) is 0 Å². The van der Waals surface area contributed by atoms with Crippen LogP contribution in [-0.2, 0) is 9.53 Å².